The van der Waals surface area contributed by atoms with Crippen LogP contribution in [-0.4, -0.2) is 23.7 Å². The van der Waals surface area contributed by atoms with Crippen molar-refractivity contribution >= 4 is 29.9 Å². The first-order chi connectivity index (χ1) is 12.2. The fourth-order valence-corrected chi connectivity index (χ4v) is 3.01. The maximum absolute atomic E-state index is 5.38. The van der Waals surface area contributed by atoms with Gasteiger partial charge in [-0.3, -0.25) is 0 Å². The minimum atomic E-state index is 0. The molecule has 144 valence electrons. The molecule has 1 saturated carbocycles. The molecule has 0 spiro atoms. The molecule has 2 aromatic rings. The number of nitrogens with one attached hydrogen (secondary N) is 2. The van der Waals surface area contributed by atoms with Gasteiger partial charge in [0.1, 0.15) is 12.3 Å². The molecule has 6 nitrogen and oxygen atoms in total. The maximum Gasteiger partial charge on any atom is 0.191 e. The zero-order valence-corrected chi connectivity index (χ0v) is 17.9. The van der Waals surface area contributed by atoms with E-state index in [0.717, 1.165) is 36.1 Å². The van der Waals surface area contributed by atoms with Gasteiger partial charge in [-0.25, -0.2) is 4.99 Å². The number of aromatic nitrogens is 1. The molecule has 1 aliphatic carbocycles. The lowest BCUT2D eigenvalue weighted by Crippen LogP contribution is -2.43. The van der Waals surface area contributed by atoms with Crippen LogP contribution in [0, 0.1) is 0 Å². The zero-order chi connectivity index (χ0) is 17.5. The van der Waals surface area contributed by atoms with E-state index in [1.165, 1.54) is 25.7 Å². The van der Waals surface area contributed by atoms with E-state index in [2.05, 4.69) is 34.6 Å². The Morgan fingerprint density at radius 2 is 2.12 bits per heavy atom. The highest BCUT2D eigenvalue weighted by Crippen LogP contribution is 2.18. The summed E-state index contributed by atoms with van der Waals surface area (Å²) < 4.78 is 10.8. The topological polar surface area (TPSA) is 75.6 Å². The third-order valence-electron chi connectivity index (χ3n) is 4.50. The second-order valence-corrected chi connectivity index (χ2v) is 6.92. The molecule has 0 radical (unpaired) electrons. The third kappa shape index (κ3) is 6.34. The lowest BCUT2D eigenvalue weighted by atomic mass is 10.1. The van der Waals surface area contributed by atoms with Crippen LogP contribution in [0.15, 0.2) is 38.4 Å². The fourth-order valence-electron chi connectivity index (χ4n) is 3.01. The summed E-state index contributed by atoms with van der Waals surface area (Å²) >= 11 is 0. The van der Waals surface area contributed by atoms with Crippen LogP contribution in [-0.2, 0) is 13.0 Å². The van der Waals surface area contributed by atoms with Crippen LogP contribution in [0.4, 0.5) is 0 Å². The van der Waals surface area contributed by atoms with Gasteiger partial charge in [-0.2, -0.15) is 0 Å². The minimum Gasteiger partial charge on any atom is -0.469 e. The van der Waals surface area contributed by atoms with Crippen molar-refractivity contribution in [1.29, 1.82) is 0 Å². The Labute approximate surface area is 172 Å². The molecule has 0 unspecified atom stereocenters. The molecule has 0 aromatic carbocycles. The highest BCUT2D eigenvalue weighted by molar-refractivity contribution is 14.0. The number of rotatable bonds is 7. The van der Waals surface area contributed by atoms with E-state index in [1.807, 2.05) is 18.2 Å². The van der Waals surface area contributed by atoms with E-state index >= 15 is 0 Å². The molecule has 26 heavy (non-hydrogen) atoms. The van der Waals surface area contributed by atoms with Crippen molar-refractivity contribution in [1.82, 2.24) is 15.8 Å². The van der Waals surface area contributed by atoms with E-state index in [9.17, 15) is 0 Å². The maximum atomic E-state index is 5.38. The van der Waals surface area contributed by atoms with Crippen molar-refractivity contribution in [2.24, 2.45) is 4.99 Å². The second-order valence-electron chi connectivity index (χ2n) is 6.92. The first-order valence-corrected chi connectivity index (χ1v) is 9.23. The van der Waals surface area contributed by atoms with E-state index in [-0.39, 0.29) is 24.0 Å². The largest absolute Gasteiger partial charge is 0.469 e. The van der Waals surface area contributed by atoms with Crippen LogP contribution >= 0.6 is 24.0 Å². The Kier molecular flexibility index (Phi) is 8.47. The summed E-state index contributed by atoms with van der Waals surface area (Å²) in [7, 11) is 0. The van der Waals surface area contributed by atoms with E-state index < -0.39 is 0 Å². The smallest absolute Gasteiger partial charge is 0.191 e. The minimum absolute atomic E-state index is 0. The second kappa shape index (κ2) is 10.6. The highest BCUT2D eigenvalue weighted by Gasteiger charge is 2.16. The molecule has 0 aliphatic heterocycles. The number of aliphatic imine (C=N–C) groups is 1. The average Bonchev–Trinajstić information content (AvgIpc) is 3.34. The molecular formula is C19H29IN4O2. The van der Waals surface area contributed by atoms with Crippen molar-refractivity contribution in [3.05, 3.63) is 41.7 Å². The Morgan fingerprint density at radius 1 is 1.31 bits per heavy atom. The molecule has 2 heterocycles. The van der Waals surface area contributed by atoms with Crippen LogP contribution in [0.25, 0.3) is 0 Å². The number of nitrogens with zero attached hydrogens (tertiary/aromatic N) is 2. The lowest BCUT2D eigenvalue weighted by Gasteiger charge is -2.17. The Morgan fingerprint density at radius 3 is 2.77 bits per heavy atom. The van der Waals surface area contributed by atoms with E-state index in [1.54, 1.807) is 6.26 Å². The van der Waals surface area contributed by atoms with Crippen molar-refractivity contribution in [3.8, 4) is 0 Å². The first kappa shape index (κ1) is 20.8. The van der Waals surface area contributed by atoms with Crippen LogP contribution in [0.3, 0.4) is 0 Å². The normalized spacial score (nSPS) is 15.3. The van der Waals surface area contributed by atoms with Crippen LogP contribution in [0.2, 0.25) is 0 Å². The Hall–Kier alpha value is -1.51. The quantitative estimate of drug-likeness (QED) is 0.359. The van der Waals surface area contributed by atoms with Crippen molar-refractivity contribution in [2.45, 2.75) is 64.5 Å². The van der Waals surface area contributed by atoms with Gasteiger partial charge in [-0.15, -0.1) is 24.0 Å². The molecule has 0 saturated heterocycles. The van der Waals surface area contributed by atoms with Crippen molar-refractivity contribution in [2.75, 3.05) is 6.54 Å². The molecule has 7 heteroatoms. The Bertz CT molecular complexity index is 661. The number of furan rings is 1. The van der Waals surface area contributed by atoms with Gasteiger partial charge in [-0.05, 0) is 30.9 Å². The van der Waals surface area contributed by atoms with Gasteiger partial charge >= 0.3 is 0 Å². The molecule has 2 N–H and O–H groups in total. The predicted octanol–water partition coefficient (Wildman–Crippen LogP) is 4.23. The summed E-state index contributed by atoms with van der Waals surface area (Å²) in [5, 5.41) is 11.0. The monoisotopic (exact) mass is 472 g/mol. The zero-order valence-electron chi connectivity index (χ0n) is 15.5. The molecule has 0 amide bonds. The van der Waals surface area contributed by atoms with Gasteiger partial charge in [0.25, 0.3) is 0 Å². The van der Waals surface area contributed by atoms with Gasteiger partial charge < -0.3 is 19.6 Å². The average molecular weight is 472 g/mol. The van der Waals surface area contributed by atoms with Crippen LogP contribution in [0.1, 0.15) is 62.7 Å². The lowest BCUT2D eigenvalue weighted by molar-refractivity contribution is 0.376. The number of halogens is 1. The third-order valence-corrected chi connectivity index (χ3v) is 4.50. The summed E-state index contributed by atoms with van der Waals surface area (Å²) in [5.41, 5.74) is 0.973. The van der Waals surface area contributed by atoms with E-state index in [4.69, 9.17) is 8.94 Å². The molecule has 2 aromatic heterocycles. The first-order valence-electron chi connectivity index (χ1n) is 9.23. The number of guanidine groups is 1. The molecule has 0 bridgehead atoms. The van der Waals surface area contributed by atoms with Gasteiger partial charge in [0.05, 0.1) is 12.0 Å². The van der Waals surface area contributed by atoms with Crippen LogP contribution < -0.4 is 10.6 Å². The molecule has 1 aliphatic rings. The molecular weight excluding hydrogens is 443 g/mol. The summed E-state index contributed by atoms with van der Waals surface area (Å²) in [6, 6.07) is 6.41. The van der Waals surface area contributed by atoms with Crippen LogP contribution in [0.5, 0.6) is 0 Å². The summed E-state index contributed by atoms with van der Waals surface area (Å²) in [5.74, 6) is 2.97. The number of hydrogen-bond donors (Lipinski definition) is 2. The molecule has 3 rings (SSSR count). The standard InChI is InChI=1S/C19H28N4O2.HI/c1-14(2)18-12-17(25-23-18)13-21-19(22-15-6-3-4-7-15)20-10-9-16-8-5-11-24-16;/h5,8,11-12,14-15H,3-4,6-7,9-10,13H2,1-2H3,(H2,20,21,22);1H. The van der Waals surface area contributed by atoms with Gasteiger partial charge in [0, 0.05) is 25.1 Å². The fraction of sp³-hybridized carbons (Fsp3) is 0.579. The highest BCUT2D eigenvalue weighted by atomic mass is 127. The Balaban J connectivity index is 0.00000243. The molecule has 0 atom stereocenters. The van der Waals surface area contributed by atoms with E-state index in [0.29, 0.717) is 18.5 Å². The summed E-state index contributed by atoms with van der Waals surface area (Å²) in [6.07, 6.45) is 7.53. The van der Waals surface area contributed by atoms with Gasteiger partial charge in [-0.1, -0.05) is 31.8 Å². The number of hydrogen-bond acceptors (Lipinski definition) is 4. The van der Waals surface area contributed by atoms with Gasteiger partial charge in [0.15, 0.2) is 11.7 Å². The predicted molar refractivity (Wildman–Crippen MR) is 113 cm³/mol. The van der Waals surface area contributed by atoms with Crippen molar-refractivity contribution in [3.63, 3.8) is 0 Å². The van der Waals surface area contributed by atoms with Crippen molar-refractivity contribution < 1.29 is 8.94 Å². The summed E-state index contributed by atoms with van der Waals surface area (Å²) in [6.45, 7) is 5.48. The van der Waals surface area contributed by atoms with Gasteiger partial charge in [0.2, 0.25) is 0 Å². The molecule has 1 fully saturated rings. The SMILES string of the molecule is CC(C)c1cc(CN=C(NCCc2ccco2)NC2CCCC2)on1.I. The summed E-state index contributed by atoms with van der Waals surface area (Å²) in [4.78, 5) is 4.68.